The van der Waals surface area contributed by atoms with Crippen molar-refractivity contribution in [2.45, 2.75) is 44.3 Å². The molecule has 29 heavy (non-hydrogen) atoms. The molecule has 156 valence electrons. The summed E-state index contributed by atoms with van der Waals surface area (Å²) in [5.74, 6) is 0. The summed E-state index contributed by atoms with van der Waals surface area (Å²) >= 11 is 0. The molecule has 3 fully saturated rings. The second-order valence-electron chi connectivity index (χ2n) is 8.12. The maximum absolute atomic E-state index is 13.4. The zero-order valence-electron chi connectivity index (χ0n) is 16.2. The van der Waals surface area contributed by atoms with Crippen LogP contribution in [0.3, 0.4) is 0 Å². The number of alkyl halides is 3. The van der Waals surface area contributed by atoms with Gasteiger partial charge in [-0.3, -0.25) is 4.68 Å². The summed E-state index contributed by atoms with van der Waals surface area (Å²) in [5.41, 5.74) is 1.50. The number of rotatable bonds is 1. The maximum atomic E-state index is 13.4. The standard InChI is InChI=1S/C19H23F3N6O/c1-25-15(11-16(23-25)19(20,21)22)17-13-3-2-4-14(13)28(24-17)18(29)27-10-9-26-7-5-12(27)6-8-26/h11-12H,2-10H2,1H3. The maximum Gasteiger partial charge on any atom is 0.435 e. The molecule has 0 radical (unpaired) electrons. The van der Waals surface area contributed by atoms with Gasteiger partial charge in [-0.2, -0.15) is 28.1 Å². The molecule has 3 aliphatic heterocycles. The topological polar surface area (TPSA) is 59.2 Å². The van der Waals surface area contributed by atoms with Crippen LogP contribution in [0.25, 0.3) is 11.4 Å². The molecule has 5 heterocycles. The van der Waals surface area contributed by atoms with Crippen molar-refractivity contribution < 1.29 is 18.0 Å². The highest BCUT2D eigenvalue weighted by molar-refractivity contribution is 5.79. The van der Waals surface area contributed by atoms with Crippen molar-refractivity contribution in [3.8, 4) is 11.4 Å². The van der Waals surface area contributed by atoms with Crippen LogP contribution in [0.1, 0.15) is 36.2 Å². The van der Waals surface area contributed by atoms with Gasteiger partial charge in [-0.1, -0.05) is 0 Å². The number of fused-ring (bicyclic) bond motifs is 5. The lowest BCUT2D eigenvalue weighted by atomic mass is 10.1. The fourth-order valence-electron chi connectivity index (χ4n) is 4.89. The van der Waals surface area contributed by atoms with E-state index in [0.29, 0.717) is 30.8 Å². The van der Waals surface area contributed by atoms with E-state index in [1.807, 2.05) is 4.90 Å². The van der Waals surface area contributed by atoms with Crippen molar-refractivity contribution in [2.24, 2.45) is 7.05 Å². The Balaban J connectivity index is 1.54. The SMILES string of the molecule is Cn1nc(C(F)(F)F)cc1-c1nn(C(=O)N2CCN3CCC2CC3)c2c1CCC2. The molecular formula is C19H23F3N6O. The average Bonchev–Trinajstić information content (AvgIpc) is 3.30. The van der Waals surface area contributed by atoms with Crippen molar-refractivity contribution in [2.75, 3.05) is 26.2 Å². The summed E-state index contributed by atoms with van der Waals surface area (Å²) in [5, 5.41) is 8.14. The van der Waals surface area contributed by atoms with Crippen LogP contribution in [0.5, 0.6) is 0 Å². The molecule has 7 nitrogen and oxygen atoms in total. The zero-order valence-corrected chi connectivity index (χ0v) is 16.2. The first-order valence-electron chi connectivity index (χ1n) is 10.1. The highest BCUT2D eigenvalue weighted by Gasteiger charge is 2.38. The molecule has 3 saturated heterocycles. The van der Waals surface area contributed by atoms with Crippen LogP contribution in [0.4, 0.5) is 18.0 Å². The summed E-state index contributed by atoms with van der Waals surface area (Å²) in [4.78, 5) is 17.7. The average molecular weight is 408 g/mol. The summed E-state index contributed by atoms with van der Waals surface area (Å²) in [7, 11) is 1.48. The quantitative estimate of drug-likeness (QED) is 0.728. The zero-order chi connectivity index (χ0) is 20.3. The molecular weight excluding hydrogens is 385 g/mol. The Morgan fingerprint density at radius 3 is 2.55 bits per heavy atom. The monoisotopic (exact) mass is 408 g/mol. The van der Waals surface area contributed by atoms with Crippen LogP contribution in [0.15, 0.2) is 6.07 Å². The first-order valence-corrected chi connectivity index (χ1v) is 10.1. The number of halogens is 3. The number of amides is 1. The molecule has 4 aliphatic rings. The van der Waals surface area contributed by atoms with Gasteiger partial charge in [0.05, 0.1) is 11.4 Å². The van der Waals surface area contributed by atoms with Gasteiger partial charge in [-0.25, -0.2) is 4.79 Å². The van der Waals surface area contributed by atoms with E-state index in [2.05, 4.69) is 15.1 Å². The predicted molar refractivity (Wildman–Crippen MR) is 98.4 cm³/mol. The lowest BCUT2D eigenvalue weighted by molar-refractivity contribution is -0.141. The molecule has 0 unspecified atom stereocenters. The van der Waals surface area contributed by atoms with Crippen molar-refractivity contribution >= 4 is 6.03 Å². The molecule has 0 N–H and O–H groups in total. The van der Waals surface area contributed by atoms with E-state index in [1.54, 1.807) is 0 Å². The van der Waals surface area contributed by atoms with Gasteiger partial charge < -0.3 is 9.80 Å². The third kappa shape index (κ3) is 3.04. The van der Waals surface area contributed by atoms with E-state index in [9.17, 15) is 18.0 Å². The van der Waals surface area contributed by atoms with Crippen molar-refractivity contribution in [1.82, 2.24) is 29.4 Å². The molecule has 2 aromatic rings. The Morgan fingerprint density at radius 1 is 1.10 bits per heavy atom. The number of aromatic nitrogens is 4. The van der Waals surface area contributed by atoms with Gasteiger partial charge in [0.2, 0.25) is 0 Å². The smallest absolute Gasteiger partial charge is 0.318 e. The van der Waals surface area contributed by atoms with Crippen LogP contribution in [0, 0.1) is 0 Å². The lowest BCUT2D eigenvalue weighted by Crippen LogP contribution is -2.44. The van der Waals surface area contributed by atoms with Crippen LogP contribution in [0.2, 0.25) is 0 Å². The van der Waals surface area contributed by atoms with Gasteiger partial charge in [0.1, 0.15) is 5.69 Å². The Morgan fingerprint density at radius 2 is 1.86 bits per heavy atom. The highest BCUT2D eigenvalue weighted by atomic mass is 19.4. The summed E-state index contributed by atoms with van der Waals surface area (Å²) < 4.78 is 42.0. The molecule has 2 bridgehead atoms. The van der Waals surface area contributed by atoms with Crippen LogP contribution < -0.4 is 0 Å². The van der Waals surface area contributed by atoms with E-state index in [0.717, 1.165) is 56.2 Å². The van der Waals surface area contributed by atoms with Gasteiger partial charge >= 0.3 is 12.2 Å². The van der Waals surface area contributed by atoms with Gasteiger partial charge in [0, 0.05) is 44.8 Å². The third-order valence-electron chi connectivity index (χ3n) is 6.42. The van der Waals surface area contributed by atoms with Crippen LogP contribution >= 0.6 is 0 Å². The molecule has 0 atom stereocenters. The molecule has 2 aromatic heterocycles. The first kappa shape index (κ1) is 18.7. The van der Waals surface area contributed by atoms with Crippen molar-refractivity contribution in [3.05, 3.63) is 23.0 Å². The summed E-state index contributed by atoms with van der Waals surface area (Å²) in [6.45, 7) is 3.53. The Labute approximate surface area is 166 Å². The number of carbonyl (C=O) groups excluding carboxylic acids is 1. The minimum atomic E-state index is -4.52. The number of aryl methyl sites for hydroxylation is 1. The highest BCUT2D eigenvalue weighted by Crippen LogP contribution is 2.36. The second kappa shape index (κ2) is 6.58. The first-order chi connectivity index (χ1) is 13.8. The number of hydrogen-bond acceptors (Lipinski definition) is 4. The minimum Gasteiger partial charge on any atom is -0.318 e. The van der Waals surface area contributed by atoms with E-state index in [4.69, 9.17) is 0 Å². The van der Waals surface area contributed by atoms with Crippen molar-refractivity contribution in [3.63, 3.8) is 0 Å². The molecule has 1 aliphatic carbocycles. The molecule has 0 aromatic carbocycles. The molecule has 6 rings (SSSR count). The van der Waals surface area contributed by atoms with E-state index >= 15 is 0 Å². The van der Waals surface area contributed by atoms with E-state index < -0.39 is 11.9 Å². The van der Waals surface area contributed by atoms with Gasteiger partial charge in [-0.05, 0) is 38.2 Å². The molecule has 0 spiro atoms. The van der Waals surface area contributed by atoms with Gasteiger partial charge in [0.25, 0.3) is 0 Å². The Hall–Kier alpha value is -2.36. The predicted octanol–water partition coefficient (Wildman–Crippen LogP) is 2.54. The second-order valence-corrected chi connectivity index (χ2v) is 8.12. The fourth-order valence-corrected chi connectivity index (χ4v) is 4.89. The van der Waals surface area contributed by atoms with Gasteiger partial charge in [0.15, 0.2) is 5.69 Å². The van der Waals surface area contributed by atoms with E-state index in [1.165, 1.54) is 16.4 Å². The fraction of sp³-hybridized carbons (Fsp3) is 0.632. The van der Waals surface area contributed by atoms with Crippen molar-refractivity contribution in [1.29, 1.82) is 0 Å². The molecule has 10 heteroatoms. The summed E-state index contributed by atoms with van der Waals surface area (Å²) in [6, 6.07) is 1.08. The number of hydrogen-bond donors (Lipinski definition) is 0. The Bertz CT molecular complexity index is 954. The normalized spacial score (nSPS) is 24.1. The largest absolute Gasteiger partial charge is 0.435 e. The lowest BCUT2D eigenvalue weighted by Gasteiger charge is -2.31. The third-order valence-corrected chi connectivity index (χ3v) is 6.42. The molecule has 0 saturated carbocycles. The number of piperidine rings is 1. The minimum absolute atomic E-state index is 0.152. The van der Waals surface area contributed by atoms with E-state index in [-0.39, 0.29) is 12.1 Å². The molecule has 1 amide bonds. The summed E-state index contributed by atoms with van der Waals surface area (Å²) in [6.07, 6.45) is -0.311. The number of nitrogens with zero attached hydrogens (tertiary/aromatic N) is 6. The number of carbonyl (C=O) groups is 1. The van der Waals surface area contributed by atoms with Gasteiger partial charge in [-0.15, -0.1) is 0 Å². The van der Waals surface area contributed by atoms with Crippen LogP contribution in [-0.2, 0) is 26.1 Å². The Kier molecular flexibility index (Phi) is 4.23. The van der Waals surface area contributed by atoms with Crippen LogP contribution in [-0.4, -0.2) is 67.6 Å².